The lowest BCUT2D eigenvalue weighted by molar-refractivity contribution is -0.0573. The maximum absolute atomic E-state index is 10.2. The average Bonchev–Trinajstić information content (AvgIpc) is 3.26. The van der Waals surface area contributed by atoms with Gasteiger partial charge in [-0.15, -0.1) is 0 Å². The Balaban J connectivity index is 0.000000469. The van der Waals surface area contributed by atoms with Gasteiger partial charge in [0.25, 0.3) is 0 Å². The number of hydrogen-bond donors (Lipinski definition) is 3. The summed E-state index contributed by atoms with van der Waals surface area (Å²) in [5.74, 6) is 5.35. The standard InChI is InChI=1S/C29H51NO.C4H9NO/c1-6-30-19-20(2)8-7-9-21(3)25-12-13-26-24-11-10-22-18-23(31)14-16-28(22,4)27(24)15-17-29(25,26)5;1-3-6-4-2-5-1/h10,20-21,23-27,30-31H,6-9,11-19H2,1-5H3;5H,1-4H2/t20?,21-,23+,24+,25-,26+,27+,28+,29-;/m1./s1. The highest BCUT2D eigenvalue weighted by Crippen LogP contribution is 2.67. The Morgan fingerprint density at radius 2 is 1.84 bits per heavy atom. The van der Waals surface area contributed by atoms with Crippen LogP contribution in [0.25, 0.3) is 0 Å². The molecule has 9 atom stereocenters. The van der Waals surface area contributed by atoms with Crippen LogP contribution in [-0.2, 0) is 4.74 Å². The fourth-order valence-corrected chi connectivity index (χ4v) is 9.61. The van der Waals surface area contributed by atoms with Gasteiger partial charge in [-0.25, -0.2) is 0 Å². The highest BCUT2D eigenvalue weighted by Gasteiger charge is 2.59. The third-order valence-electron chi connectivity index (χ3n) is 11.8. The zero-order valence-corrected chi connectivity index (χ0v) is 25.0. The highest BCUT2D eigenvalue weighted by atomic mass is 16.5. The second-order valence-corrected chi connectivity index (χ2v) is 14.1. The van der Waals surface area contributed by atoms with E-state index in [4.69, 9.17) is 4.74 Å². The average molecular weight is 517 g/mol. The monoisotopic (exact) mass is 516 g/mol. The lowest BCUT2D eigenvalue weighted by Crippen LogP contribution is -2.50. The summed E-state index contributed by atoms with van der Waals surface area (Å²) in [4.78, 5) is 0. The minimum atomic E-state index is -0.0816. The third kappa shape index (κ3) is 6.67. The number of allylic oxidation sites excluding steroid dienone is 1. The van der Waals surface area contributed by atoms with Crippen LogP contribution in [0.5, 0.6) is 0 Å². The largest absolute Gasteiger partial charge is 0.393 e. The van der Waals surface area contributed by atoms with Crippen LogP contribution in [0, 0.1) is 46.3 Å². The first kappa shape index (κ1) is 29.6. The molecule has 0 aromatic rings. The predicted octanol–water partition coefficient (Wildman–Crippen LogP) is 6.58. The van der Waals surface area contributed by atoms with E-state index in [0.29, 0.717) is 10.8 Å². The van der Waals surface area contributed by atoms with Crippen LogP contribution < -0.4 is 10.6 Å². The molecule has 4 heteroatoms. The normalized spacial score (nSPS) is 40.8. The van der Waals surface area contributed by atoms with E-state index in [0.717, 1.165) is 81.2 Å². The van der Waals surface area contributed by atoms with Gasteiger partial charge in [-0.1, -0.05) is 59.1 Å². The van der Waals surface area contributed by atoms with Crippen molar-refractivity contribution in [1.29, 1.82) is 0 Å². The minimum absolute atomic E-state index is 0.0816. The summed E-state index contributed by atoms with van der Waals surface area (Å²) in [5, 5.41) is 16.9. The summed E-state index contributed by atoms with van der Waals surface area (Å²) in [5.41, 5.74) is 2.58. The van der Waals surface area contributed by atoms with E-state index in [1.165, 1.54) is 64.3 Å². The van der Waals surface area contributed by atoms with Gasteiger partial charge < -0.3 is 20.5 Å². The van der Waals surface area contributed by atoms with Crippen LogP contribution in [0.2, 0.25) is 0 Å². The molecule has 5 rings (SSSR count). The lowest BCUT2D eigenvalue weighted by atomic mass is 9.47. The Kier molecular flexibility index (Phi) is 10.6. The molecule has 37 heavy (non-hydrogen) atoms. The topological polar surface area (TPSA) is 53.5 Å². The first-order chi connectivity index (χ1) is 17.8. The quantitative estimate of drug-likeness (QED) is 0.319. The molecule has 1 saturated heterocycles. The summed E-state index contributed by atoms with van der Waals surface area (Å²) >= 11 is 0. The number of hydrogen-bond acceptors (Lipinski definition) is 4. The number of nitrogens with one attached hydrogen (secondary N) is 2. The third-order valence-corrected chi connectivity index (χ3v) is 11.8. The van der Waals surface area contributed by atoms with Crippen molar-refractivity contribution in [2.45, 2.75) is 111 Å². The number of aliphatic hydroxyl groups excluding tert-OH is 1. The van der Waals surface area contributed by atoms with Crippen molar-refractivity contribution in [3.05, 3.63) is 11.6 Å². The Morgan fingerprint density at radius 3 is 2.51 bits per heavy atom. The number of fused-ring (bicyclic) bond motifs is 5. The van der Waals surface area contributed by atoms with E-state index in [1.54, 1.807) is 5.57 Å². The molecule has 0 bridgehead atoms. The van der Waals surface area contributed by atoms with Gasteiger partial charge in [0.15, 0.2) is 0 Å². The summed E-state index contributed by atoms with van der Waals surface area (Å²) < 4.78 is 5.01. The molecule has 1 aliphatic heterocycles. The van der Waals surface area contributed by atoms with Gasteiger partial charge in [-0.05, 0) is 117 Å². The molecule has 0 amide bonds. The van der Waals surface area contributed by atoms with E-state index in [-0.39, 0.29) is 6.10 Å². The lowest BCUT2D eigenvalue weighted by Gasteiger charge is -2.58. The Labute approximate surface area is 229 Å². The molecular formula is C33H60N2O2. The molecule has 5 aliphatic rings. The molecule has 0 spiro atoms. The molecule has 1 unspecified atom stereocenters. The second-order valence-electron chi connectivity index (χ2n) is 14.1. The zero-order chi connectivity index (χ0) is 26.5. The van der Waals surface area contributed by atoms with E-state index >= 15 is 0 Å². The van der Waals surface area contributed by atoms with E-state index in [9.17, 15) is 5.11 Å². The highest BCUT2D eigenvalue weighted by molar-refractivity contribution is 5.25. The molecule has 3 saturated carbocycles. The van der Waals surface area contributed by atoms with Crippen LogP contribution in [0.3, 0.4) is 0 Å². The van der Waals surface area contributed by atoms with Gasteiger partial charge in [0.2, 0.25) is 0 Å². The fraction of sp³-hybridized carbons (Fsp3) is 0.939. The van der Waals surface area contributed by atoms with E-state index < -0.39 is 0 Å². The zero-order valence-electron chi connectivity index (χ0n) is 25.0. The molecule has 3 N–H and O–H groups in total. The number of ether oxygens (including phenoxy) is 1. The van der Waals surface area contributed by atoms with Gasteiger partial charge in [0.05, 0.1) is 19.3 Å². The predicted molar refractivity (Wildman–Crippen MR) is 156 cm³/mol. The molecule has 0 aromatic heterocycles. The van der Waals surface area contributed by atoms with Crippen molar-refractivity contribution in [3.8, 4) is 0 Å². The van der Waals surface area contributed by atoms with Crippen molar-refractivity contribution in [2.24, 2.45) is 46.3 Å². The van der Waals surface area contributed by atoms with Crippen LogP contribution in [-0.4, -0.2) is 50.6 Å². The van der Waals surface area contributed by atoms with Gasteiger partial charge in [0.1, 0.15) is 0 Å². The summed E-state index contributed by atoms with van der Waals surface area (Å²) in [6.45, 7) is 18.6. The molecular weight excluding hydrogens is 456 g/mol. The van der Waals surface area contributed by atoms with Crippen molar-refractivity contribution in [1.82, 2.24) is 10.6 Å². The summed E-state index contributed by atoms with van der Waals surface area (Å²) in [7, 11) is 0. The minimum Gasteiger partial charge on any atom is -0.393 e. The van der Waals surface area contributed by atoms with Gasteiger partial charge >= 0.3 is 0 Å². The number of morpholine rings is 1. The SMILES string of the molecule is C1COCCN1.CCNCC(C)CCC[C@@H](C)[C@H]1CC[C@H]2[C@@H]3CC=C4C[C@@H](O)CC[C@]4(C)[C@H]3CC[C@]12C. The number of aliphatic hydroxyl groups is 1. The molecule has 4 fully saturated rings. The molecule has 0 radical (unpaired) electrons. The van der Waals surface area contributed by atoms with Gasteiger partial charge in [0, 0.05) is 13.1 Å². The van der Waals surface area contributed by atoms with Crippen molar-refractivity contribution >= 4 is 0 Å². The van der Waals surface area contributed by atoms with Crippen molar-refractivity contribution < 1.29 is 9.84 Å². The van der Waals surface area contributed by atoms with Crippen LogP contribution in [0.1, 0.15) is 105 Å². The summed E-state index contributed by atoms with van der Waals surface area (Å²) in [6.07, 6.45) is 17.1. The molecule has 4 aliphatic carbocycles. The first-order valence-electron chi connectivity index (χ1n) is 16.2. The Morgan fingerprint density at radius 1 is 1.05 bits per heavy atom. The molecule has 0 aromatic carbocycles. The van der Waals surface area contributed by atoms with Gasteiger partial charge in [-0.2, -0.15) is 0 Å². The van der Waals surface area contributed by atoms with Crippen molar-refractivity contribution in [2.75, 3.05) is 39.4 Å². The van der Waals surface area contributed by atoms with E-state index in [1.807, 2.05) is 0 Å². The van der Waals surface area contributed by atoms with Crippen LogP contribution >= 0.6 is 0 Å². The summed E-state index contributed by atoms with van der Waals surface area (Å²) in [6, 6.07) is 0. The van der Waals surface area contributed by atoms with Crippen LogP contribution in [0.4, 0.5) is 0 Å². The fourth-order valence-electron chi connectivity index (χ4n) is 9.61. The molecule has 4 nitrogen and oxygen atoms in total. The Bertz CT molecular complexity index is 724. The smallest absolute Gasteiger partial charge is 0.0591 e. The first-order valence-corrected chi connectivity index (χ1v) is 16.2. The molecule has 1 heterocycles. The number of rotatable bonds is 8. The van der Waals surface area contributed by atoms with Crippen LogP contribution in [0.15, 0.2) is 11.6 Å². The maximum Gasteiger partial charge on any atom is 0.0591 e. The van der Waals surface area contributed by atoms with Crippen molar-refractivity contribution in [3.63, 3.8) is 0 Å². The Hall–Kier alpha value is -0.420. The maximum atomic E-state index is 10.2. The molecule has 214 valence electrons. The van der Waals surface area contributed by atoms with Gasteiger partial charge in [-0.3, -0.25) is 0 Å². The second kappa shape index (κ2) is 13.3. The van der Waals surface area contributed by atoms with E-state index in [2.05, 4.69) is 51.3 Å².